The normalized spacial score (nSPS) is 11.2. The van der Waals surface area contributed by atoms with Gasteiger partial charge in [0.05, 0.1) is 11.6 Å². The molecule has 0 aliphatic heterocycles. The van der Waals surface area contributed by atoms with Crippen LogP contribution in [0.3, 0.4) is 0 Å². The van der Waals surface area contributed by atoms with Crippen molar-refractivity contribution in [3.8, 4) is 5.75 Å². The van der Waals surface area contributed by atoms with Crippen LogP contribution in [0.15, 0.2) is 40.9 Å². The molecule has 3 aromatic carbocycles. The summed E-state index contributed by atoms with van der Waals surface area (Å²) in [6.45, 7) is 4.31. The topological polar surface area (TPSA) is 9.23 Å². The van der Waals surface area contributed by atoms with Crippen LogP contribution in [0.2, 0.25) is 0 Å². The van der Waals surface area contributed by atoms with Gasteiger partial charge in [0.2, 0.25) is 0 Å². The SMILES string of the molecule is COc1cc2cc3cc(C)c(C)cc3cc2cc1Br. The van der Waals surface area contributed by atoms with Crippen molar-refractivity contribution in [3.05, 3.63) is 52.0 Å². The number of hydrogen-bond donors (Lipinski definition) is 0. The maximum Gasteiger partial charge on any atom is 0.133 e. The van der Waals surface area contributed by atoms with Gasteiger partial charge in [0, 0.05) is 0 Å². The average Bonchev–Trinajstić information content (AvgIpc) is 2.38. The van der Waals surface area contributed by atoms with E-state index in [1.54, 1.807) is 7.11 Å². The van der Waals surface area contributed by atoms with Crippen molar-refractivity contribution in [2.75, 3.05) is 7.11 Å². The molecule has 0 N–H and O–H groups in total. The van der Waals surface area contributed by atoms with E-state index in [-0.39, 0.29) is 0 Å². The molecule has 0 aromatic heterocycles. The molecular weight excluding hydrogens is 300 g/mol. The molecule has 0 saturated heterocycles. The fourth-order valence-corrected chi connectivity index (χ4v) is 2.96. The van der Waals surface area contributed by atoms with Gasteiger partial charge in [-0.3, -0.25) is 0 Å². The first-order valence-corrected chi connectivity index (χ1v) is 7.06. The van der Waals surface area contributed by atoms with E-state index in [1.807, 2.05) is 0 Å². The van der Waals surface area contributed by atoms with E-state index in [9.17, 15) is 0 Å². The van der Waals surface area contributed by atoms with Gasteiger partial charge in [-0.15, -0.1) is 0 Å². The maximum absolute atomic E-state index is 5.36. The molecule has 19 heavy (non-hydrogen) atoms. The minimum Gasteiger partial charge on any atom is -0.496 e. The molecule has 3 rings (SSSR count). The Balaban J connectivity index is 2.38. The number of aryl methyl sites for hydroxylation is 2. The summed E-state index contributed by atoms with van der Waals surface area (Å²) in [5.41, 5.74) is 2.66. The molecule has 3 aromatic rings. The number of ether oxygens (including phenoxy) is 1. The summed E-state index contributed by atoms with van der Waals surface area (Å²) in [5, 5.41) is 4.99. The van der Waals surface area contributed by atoms with Crippen LogP contribution in [-0.2, 0) is 0 Å². The van der Waals surface area contributed by atoms with Gasteiger partial charge in [-0.05, 0) is 86.7 Å². The zero-order valence-electron chi connectivity index (χ0n) is 11.3. The van der Waals surface area contributed by atoms with E-state index in [2.05, 4.69) is 66.2 Å². The average molecular weight is 315 g/mol. The smallest absolute Gasteiger partial charge is 0.133 e. The zero-order valence-corrected chi connectivity index (χ0v) is 12.8. The monoisotopic (exact) mass is 314 g/mol. The van der Waals surface area contributed by atoms with Gasteiger partial charge in [-0.25, -0.2) is 0 Å². The van der Waals surface area contributed by atoms with E-state index >= 15 is 0 Å². The van der Waals surface area contributed by atoms with E-state index in [1.165, 1.54) is 32.7 Å². The standard InChI is InChI=1S/C17H15BrO/c1-10-4-12-6-14-8-16(18)17(19-3)9-15(14)7-13(12)5-11(10)2/h4-9H,1-3H3. The molecule has 0 atom stereocenters. The Kier molecular flexibility index (Phi) is 2.98. The Hall–Kier alpha value is -1.54. The lowest BCUT2D eigenvalue weighted by atomic mass is 9.99. The molecule has 0 aliphatic rings. The van der Waals surface area contributed by atoms with Crippen LogP contribution in [0.1, 0.15) is 11.1 Å². The highest BCUT2D eigenvalue weighted by Crippen LogP contribution is 2.33. The van der Waals surface area contributed by atoms with Gasteiger partial charge in [-0.1, -0.05) is 12.1 Å². The highest BCUT2D eigenvalue weighted by Gasteiger charge is 2.05. The first-order valence-electron chi connectivity index (χ1n) is 6.27. The van der Waals surface area contributed by atoms with Crippen molar-refractivity contribution in [1.29, 1.82) is 0 Å². The minimum atomic E-state index is 0.871. The Labute approximate surface area is 121 Å². The van der Waals surface area contributed by atoms with Crippen molar-refractivity contribution in [2.45, 2.75) is 13.8 Å². The molecule has 0 amide bonds. The predicted molar refractivity (Wildman–Crippen MR) is 85.2 cm³/mol. The fourth-order valence-electron chi connectivity index (χ4n) is 2.44. The number of halogens is 1. The highest BCUT2D eigenvalue weighted by atomic mass is 79.9. The molecular formula is C17H15BrO. The summed E-state index contributed by atoms with van der Waals surface area (Å²) in [7, 11) is 1.69. The van der Waals surface area contributed by atoms with Crippen LogP contribution >= 0.6 is 15.9 Å². The summed E-state index contributed by atoms with van der Waals surface area (Å²) in [6.07, 6.45) is 0. The van der Waals surface area contributed by atoms with Crippen LogP contribution in [0.5, 0.6) is 5.75 Å². The van der Waals surface area contributed by atoms with Gasteiger partial charge >= 0.3 is 0 Å². The first-order chi connectivity index (χ1) is 9.08. The number of hydrogen-bond acceptors (Lipinski definition) is 1. The Bertz CT molecular complexity index is 790. The van der Waals surface area contributed by atoms with Crippen molar-refractivity contribution in [3.63, 3.8) is 0 Å². The molecule has 0 heterocycles. The first kappa shape index (κ1) is 12.5. The third-order valence-corrected chi connectivity index (χ3v) is 4.30. The molecule has 96 valence electrons. The lowest BCUT2D eigenvalue weighted by molar-refractivity contribution is 0.413. The third-order valence-electron chi connectivity index (χ3n) is 3.68. The van der Waals surface area contributed by atoms with E-state index in [0.29, 0.717) is 0 Å². The van der Waals surface area contributed by atoms with Crippen molar-refractivity contribution in [1.82, 2.24) is 0 Å². The number of benzene rings is 3. The number of fused-ring (bicyclic) bond motifs is 2. The lowest BCUT2D eigenvalue weighted by Crippen LogP contribution is -1.86. The molecule has 0 radical (unpaired) electrons. The van der Waals surface area contributed by atoms with E-state index in [0.717, 1.165) is 10.2 Å². The minimum absolute atomic E-state index is 0.871. The quantitative estimate of drug-likeness (QED) is 0.548. The largest absolute Gasteiger partial charge is 0.496 e. The molecule has 0 spiro atoms. The lowest BCUT2D eigenvalue weighted by Gasteiger charge is -2.09. The Morgan fingerprint density at radius 2 is 1.21 bits per heavy atom. The summed E-state index contributed by atoms with van der Waals surface area (Å²) >= 11 is 3.54. The van der Waals surface area contributed by atoms with E-state index < -0.39 is 0 Å². The van der Waals surface area contributed by atoms with Crippen LogP contribution in [-0.4, -0.2) is 7.11 Å². The van der Waals surface area contributed by atoms with Gasteiger partial charge in [0.15, 0.2) is 0 Å². The molecule has 0 fully saturated rings. The van der Waals surface area contributed by atoms with E-state index in [4.69, 9.17) is 4.74 Å². The zero-order chi connectivity index (χ0) is 13.6. The van der Waals surface area contributed by atoms with Crippen LogP contribution in [0.4, 0.5) is 0 Å². The number of rotatable bonds is 1. The molecule has 0 unspecified atom stereocenters. The second-order valence-electron chi connectivity index (χ2n) is 4.97. The third kappa shape index (κ3) is 2.10. The van der Waals surface area contributed by atoms with Gasteiger partial charge in [-0.2, -0.15) is 0 Å². The Morgan fingerprint density at radius 3 is 1.74 bits per heavy atom. The van der Waals surface area contributed by atoms with Crippen molar-refractivity contribution < 1.29 is 4.74 Å². The van der Waals surface area contributed by atoms with Gasteiger partial charge in [0.1, 0.15) is 5.75 Å². The highest BCUT2D eigenvalue weighted by molar-refractivity contribution is 9.10. The van der Waals surface area contributed by atoms with Gasteiger partial charge in [0.25, 0.3) is 0 Å². The van der Waals surface area contributed by atoms with Crippen molar-refractivity contribution in [2.24, 2.45) is 0 Å². The van der Waals surface area contributed by atoms with Crippen LogP contribution < -0.4 is 4.74 Å². The summed E-state index contributed by atoms with van der Waals surface area (Å²) in [4.78, 5) is 0. The molecule has 0 aliphatic carbocycles. The van der Waals surface area contributed by atoms with Crippen LogP contribution in [0, 0.1) is 13.8 Å². The number of methoxy groups -OCH3 is 1. The molecule has 0 saturated carbocycles. The molecule has 1 nitrogen and oxygen atoms in total. The summed E-state index contributed by atoms with van der Waals surface area (Å²) < 4.78 is 6.35. The second-order valence-corrected chi connectivity index (χ2v) is 5.82. The second kappa shape index (κ2) is 4.53. The van der Waals surface area contributed by atoms with Crippen molar-refractivity contribution >= 4 is 37.5 Å². The fraction of sp³-hybridized carbons (Fsp3) is 0.176. The van der Waals surface area contributed by atoms with Crippen LogP contribution in [0.25, 0.3) is 21.5 Å². The predicted octanol–water partition coefficient (Wildman–Crippen LogP) is 5.38. The summed E-state index contributed by atoms with van der Waals surface area (Å²) in [6, 6.07) is 13.2. The summed E-state index contributed by atoms with van der Waals surface area (Å²) in [5.74, 6) is 0.871. The Morgan fingerprint density at radius 1 is 0.737 bits per heavy atom. The van der Waals surface area contributed by atoms with Gasteiger partial charge < -0.3 is 4.74 Å². The molecule has 2 heteroatoms. The molecule has 0 bridgehead atoms. The maximum atomic E-state index is 5.36.